The molecule has 2 aromatic carbocycles. The van der Waals surface area contributed by atoms with E-state index < -0.39 is 36.2 Å². The molecule has 29 heavy (non-hydrogen) atoms. The van der Waals surface area contributed by atoms with Crippen molar-refractivity contribution in [2.45, 2.75) is 6.42 Å². The molecule has 0 aliphatic carbocycles. The standard InChI is InChI=1S/C20H18BrN3O5/c21-15-8-6-13(7-9-15)19(27)23-24-11-14(10-18(24)26)20(28)29-12-17(25)22-16-4-2-1-3-5-16/h1-9,14H,10-12H2,(H,22,25)(H,23,27)/t14-/m1/s1. The summed E-state index contributed by atoms with van der Waals surface area (Å²) in [5.41, 5.74) is 3.46. The molecule has 2 N–H and O–H groups in total. The third kappa shape index (κ3) is 5.64. The van der Waals surface area contributed by atoms with Crippen LogP contribution in [0.3, 0.4) is 0 Å². The molecule has 150 valence electrons. The van der Waals surface area contributed by atoms with E-state index in [0.717, 1.165) is 9.48 Å². The summed E-state index contributed by atoms with van der Waals surface area (Å²) < 4.78 is 5.84. The zero-order valence-electron chi connectivity index (χ0n) is 15.3. The molecule has 1 saturated heterocycles. The van der Waals surface area contributed by atoms with Crippen LogP contribution in [-0.4, -0.2) is 41.9 Å². The third-order valence-corrected chi connectivity index (χ3v) is 4.73. The fourth-order valence-electron chi connectivity index (χ4n) is 2.74. The van der Waals surface area contributed by atoms with Crippen LogP contribution in [0.4, 0.5) is 5.69 Å². The van der Waals surface area contributed by atoms with E-state index in [2.05, 4.69) is 26.7 Å². The molecule has 9 heteroatoms. The number of benzene rings is 2. The topological polar surface area (TPSA) is 105 Å². The number of hydrogen-bond acceptors (Lipinski definition) is 5. The van der Waals surface area contributed by atoms with Crippen molar-refractivity contribution in [1.29, 1.82) is 0 Å². The Hall–Kier alpha value is -3.20. The molecule has 1 atom stereocenters. The Balaban J connectivity index is 1.47. The fraction of sp³-hybridized carbons (Fsp3) is 0.200. The van der Waals surface area contributed by atoms with Gasteiger partial charge in [-0.2, -0.15) is 0 Å². The lowest BCUT2D eigenvalue weighted by molar-refractivity contribution is -0.151. The van der Waals surface area contributed by atoms with Crippen molar-refractivity contribution in [2.75, 3.05) is 18.5 Å². The molecule has 2 aromatic rings. The van der Waals surface area contributed by atoms with E-state index in [9.17, 15) is 19.2 Å². The van der Waals surface area contributed by atoms with E-state index in [0.29, 0.717) is 11.3 Å². The predicted molar refractivity (Wildman–Crippen MR) is 107 cm³/mol. The molecule has 1 heterocycles. The first-order valence-electron chi connectivity index (χ1n) is 8.81. The van der Waals surface area contributed by atoms with Crippen LogP contribution in [-0.2, 0) is 19.1 Å². The number of esters is 1. The number of rotatable bonds is 6. The highest BCUT2D eigenvalue weighted by Gasteiger charge is 2.36. The minimum atomic E-state index is -0.753. The minimum absolute atomic E-state index is 0.0137. The van der Waals surface area contributed by atoms with Crippen LogP contribution in [0.15, 0.2) is 59.1 Å². The molecule has 1 fully saturated rings. The number of carbonyl (C=O) groups excluding carboxylic acids is 4. The number of hydrogen-bond donors (Lipinski definition) is 2. The summed E-state index contributed by atoms with van der Waals surface area (Å²) in [6, 6.07) is 15.4. The van der Waals surface area contributed by atoms with Gasteiger partial charge >= 0.3 is 5.97 Å². The molecule has 8 nitrogen and oxygen atoms in total. The summed E-state index contributed by atoms with van der Waals surface area (Å²) in [6.07, 6.45) is -0.0975. The van der Waals surface area contributed by atoms with Crippen molar-refractivity contribution in [3.8, 4) is 0 Å². The molecule has 3 rings (SSSR count). The van der Waals surface area contributed by atoms with Gasteiger partial charge in [-0.15, -0.1) is 0 Å². The van der Waals surface area contributed by atoms with Gasteiger partial charge in [0.25, 0.3) is 11.8 Å². The summed E-state index contributed by atoms with van der Waals surface area (Å²) >= 11 is 3.28. The molecule has 0 aromatic heterocycles. The van der Waals surface area contributed by atoms with Gasteiger partial charge in [-0.1, -0.05) is 34.1 Å². The number of para-hydroxylation sites is 1. The maximum Gasteiger partial charge on any atom is 0.311 e. The molecule has 0 unspecified atom stereocenters. The Morgan fingerprint density at radius 3 is 2.45 bits per heavy atom. The average Bonchev–Trinajstić information content (AvgIpc) is 3.08. The van der Waals surface area contributed by atoms with Crippen molar-refractivity contribution in [1.82, 2.24) is 10.4 Å². The van der Waals surface area contributed by atoms with Crippen LogP contribution in [0.25, 0.3) is 0 Å². The van der Waals surface area contributed by atoms with E-state index in [4.69, 9.17) is 4.74 Å². The lowest BCUT2D eigenvalue weighted by Crippen LogP contribution is -2.43. The Labute approximate surface area is 175 Å². The Kier molecular flexibility index (Phi) is 6.61. The second kappa shape index (κ2) is 9.33. The zero-order valence-corrected chi connectivity index (χ0v) is 16.8. The summed E-state index contributed by atoms with van der Waals surface area (Å²) in [6.45, 7) is -0.468. The first kappa shape index (κ1) is 20.5. The van der Waals surface area contributed by atoms with Crippen molar-refractivity contribution >= 4 is 45.3 Å². The summed E-state index contributed by atoms with van der Waals surface area (Å²) in [5, 5.41) is 3.70. The van der Waals surface area contributed by atoms with Crippen LogP contribution in [0.2, 0.25) is 0 Å². The molecule has 0 spiro atoms. The van der Waals surface area contributed by atoms with Gasteiger partial charge in [-0.25, -0.2) is 0 Å². The Bertz CT molecular complexity index is 917. The number of anilines is 1. The fourth-order valence-corrected chi connectivity index (χ4v) is 3.00. The highest BCUT2D eigenvalue weighted by Crippen LogP contribution is 2.18. The maximum absolute atomic E-state index is 12.2. The number of nitrogens with one attached hydrogen (secondary N) is 2. The van der Waals surface area contributed by atoms with Crippen molar-refractivity contribution in [3.63, 3.8) is 0 Å². The van der Waals surface area contributed by atoms with E-state index in [1.807, 2.05) is 6.07 Å². The second-order valence-electron chi connectivity index (χ2n) is 6.38. The van der Waals surface area contributed by atoms with Crippen LogP contribution < -0.4 is 10.7 Å². The van der Waals surface area contributed by atoms with E-state index >= 15 is 0 Å². The van der Waals surface area contributed by atoms with Gasteiger partial charge in [0.2, 0.25) is 5.91 Å². The lowest BCUT2D eigenvalue weighted by atomic mass is 10.1. The molecule has 3 amide bonds. The van der Waals surface area contributed by atoms with Crippen molar-refractivity contribution < 1.29 is 23.9 Å². The highest BCUT2D eigenvalue weighted by atomic mass is 79.9. The second-order valence-corrected chi connectivity index (χ2v) is 7.29. The molecule has 1 aliphatic rings. The smallest absolute Gasteiger partial charge is 0.311 e. The number of ether oxygens (including phenoxy) is 1. The van der Waals surface area contributed by atoms with Crippen LogP contribution in [0.5, 0.6) is 0 Å². The van der Waals surface area contributed by atoms with E-state index in [-0.39, 0.29) is 13.0 Å². The van der Waals surface area contributed by atoms with Gasteiger partial charge in [0, 0.05) is 22.1 Å². The molecular weight excluding hydrogens is 442 g/mol. The van der Waals surface area contributed by atoms with Crippen LogP contribution in [0.1, 0.15) is 16.8 Å². The van der Waals surface area contributed by atoms with Crippen LogP contribution >= 0.6 is 15.9 Å². The first-order valence-corrected chi connectivity index (χ1v) is 9.60. The minimum Gasteiger partial charge on any atom is -0.455 e. The number of amides is 3. The van der Waals surface area contributed by atoms with E-state index in [1.165, 1.54) is 0 Å². The SMILES string of the molecule is O=C(COC(=O)[C@@H]1CC(=O)N(NC(=O)c2ccc(Br)cc2)C1)Nc1ccccc1. The van der Waals surface area contributed by atoms with Gasteiger partial charge in [0.15, 0.2) is 6.61 Å². The normalized spacial score (nSPS) is 15.7. The molecule has 0 bridgehead atoms. The molecular formula is C20H18BrN3O5. The predicted octanol–water partition coefficient (Wildman–Crippen LogP) is 2.12. The number of nitrogens with zero attached hydrogens (tertiary/aromatic N) is 1. The van der Waals surface area contributed by atoms with Crippen molar-refractivity contribution in [3.05, 3.63) is 64.6 Å². The molecule has 0 radical (unpaired) electrons. The summed E-state index contributed by atoms with van der Waals surface area (Å²) in [5.74, 6) is -2.75. The monoisotopic (exact) mass is 459 g/mol. The Morgan fingerprint density at radius 1 is 1.07 bits per heavy atom. The van der Waals surface area contributed by atoms with Gasteiger partial charge in [-0.05, 0) is 36.4 Å². The van der Waals surface area contributed by atoms with Crippen LogP contribution in [0, 0.1) is 5.92 Å². The van der Waals surface area contributed by atoms with E-state index in [1.54, 1.807) is 48.5 Å². The Morgan fingerprint density at radius 2 is 1.76 bits per heavy atom. The van der Waals surface area contributed by atoms with Gasteiger partial charge in [-0.3, -0.25) is 29.6 Å². The lowest BCUT2D eigenvalue weighted by Gasteiger charge is -2.17. The maximum atomic E-state index is 12.2. The number of carbonyl (C=O) groups is 4. The number of halogens is 1. The number of hydrazine groups is 1. The first-order chi connectivity index (χ1) is 13.9. The van der Waals surface area contributed by atoms with Gasteiger partial charge in [0.1, 0.15) is 0 Å². The quantitative estimate of drug-likeness (QED) is 0.643. The molecule has 1 aliphatic heterocycles. The zero-order chi connectivity index (χ0) is 20.8. The highest BCUT2D eigenvalue weighted by molar-refractivity contribution is 9.10. The van der Waals surface area contributed by atoms with Crippen molar-refractivity contribution in [2.24, 2.45) is 5.92 Å². The van der Waals surface area contributed by atoms with Gasteiger partial charge in [0.05, 0.1) is 12.5 Å². The average molecular weight is 460 g/mol. The third-order valence-electron chi connectivity index (χ3n) is 4.20. The van der Waals surface area contributed by atoms with Gasteiger partial charge < -0.3 is 10.1 Å². The summed E-state index contributed by atoms with van der Waals surface area (Å²) in [7, 11) is 0. The largest absolute Gasteiger partial charge is 0.455 e. The molecule has 0 saturated carbocycles. The summed E-state index contributed by atoms with van der Waals surface area (Å²) in [4.78, 5) is 48.4.